The molecule has 0 atom stereocenters. The van der Waals surface area contributed by atoms with Gasteiger partial charge in [-0.05, 0) is 36.8 Å². The van der Waals surface area contributed by atoms with Gasteiger partial charge in [-0.15, -0.1) is 0 Å². The van der Waals surface area contributed by atoms with Crippen molar-refractivity contribution in [3.05, 3.63) is 71.8 Å². The van der Waals surface area contributed by atoms with Crippen molar-refractivity contribution in [1.29, 1.82) is 5.26 Å². The molecule has 1 aliphatic rings. The number of benzene rings is 2. The van der Waals surface area contributed by atoms with E-state index in [1.807, 2.05) is 36.4 Å². The number of rotatable bonds is 5. The molecule has 3 rings (SSSR count). The largest absolute Gasteiger partial charge is 0.326 e. The van der Waals surface area contributed by atoms with Crippen LogP contribution in [-0.4, -0.2) is 31.2 Å². The van der Waals surface area contributed by atoms with Crippen LogP contribution in [0.3, 0.4) is 0 Å². The molecule has 130 valence electrons. The fraction of sp³-hybridized carbons (Fsp3) is 0.435. The summed E-state index contributed by atoms with van der Waals surface area (Å²) in [5, 5.41) is 10.3. The van der Waals surface area contributed by atoms with E-state index in [0.29, 0.717) is 0 Å². The first-order valence-electron chi connectivity index (χ1n) is 9.54. The molecule has 25 heavy (non-hydrogen) atoms. The smallest absolute Gasteiger partial charge is 0.112 e. The van der Waals surface area contributed by atoms with E-state index in [-0.39, 0.29) is 0 Å². The van der Waals surface area contributed by atoms with E-state index in [1.165, 1.54) is 38.8 Å². The minimum Gasteiger partial charge on any atom is -0.326 e. The van der Waals surface area contributed by atoms with Gasteiger partial charge in [-0.25, -0.2) is 0 Å². The monoisotopic (exact) mass is 333 g/mol. The number of nitriles is 1. The number of nitrogens with zero attached hydrogens (tertiary/aromatic N) is 2. The highest BCUT2D eigenvalue weighted by Crippen LogP contribution is 2.36. The van der Waals surface area contributed by atoms with Crippen LogP contribution in [0.2, 0.25) is 0 Å². The van der Waals surface area contributed by atoms with E-state index < -0.39 is 5.41 Å². The molecule has 2 aromatic carbocycles. The lowest BCUT2D eigenvalue weighted by atomic mass is 9.73. The van der Waals surface area contributed by atoms with Crippen molar-refractivity contribution in [2.24, 2.45) is 0 Å². The zero-order valence-corrected chi connectivity index (χ0v) is 15.3. The van der Waals surface area contributed by atoms with Gasteiger partial charge >= 0.3 is 0 Å². The van der Waals surface area contributed by atoms with Crippen molar-refractivity contribution < 1.29 is 4.48 Å². The lowest BCUT2D eigenvalue weighted by Gasteiger charge is -2.37. The second kappa shape index (κ2) is 7.85. The number of hydrogen-bond acceptors (Lipinski definition) is 1. The third kappa shape index (κ3) is 3.94. The fourth-order valence-electron chi connectivity index (χ4n) is 4.20. The molecule has 0 radical (unpaired) electrons. The predicted octanol–water partition coefficient (Wildman–Crippen LogP) is 4.91. The minimum absolute atomic E-state index is 0.559. The van der Waals surface area contributed by atoms with Gasteiger partial charge in [0.25, 0.3) is 0 Å². The molecule has 1 saturated heterocycles. The van der Waals surface area contributed by atoms with Crippen LogP contribution >= 0.6 is 0 Å². The number of hydrogen-bond donors (Lipinski definition) is 0. The molecule has 2 nitrogen and oxygen atoms in total. The first-order chi connectivity index (χ1) is 12.2. The summed E-state index contributed by atoms with van der Waals surface area (Å²) in [5.74, 6) is 0. The zero-order valence-electron chi connectivity index (χ0n) is 15.3. The standard InChI is InChI=1S/C23H29N2/c1-25(17-10-2-3-11-18-25)19-16-23(20-24,21-12-6-4-7-13-21)22-14-8-5-9-15-22/h4-9,12-15H,2-3,10-11,16-19H2,1H3/q+1. The second-order valence-electron chi connectivity index (χ2n) is 7.70. The highest BCUT2D eigenvalue weighted by atomic mass is 15.3. The van der Waals surface area contributed by atoms with E-state index in [9.17, 15) is 5.26 Å². The quantitative estimate of drug-likeness (QED) is 0.713. The van der Waals surface area contributed by atoms with Crippen molar-refractivity contribution in [3.63, 3.8) is 0 Å². The normalized spacial score (nSPS) is 17.4. The Bertz CT molecular complexity index is 652. The molecule has 0 aromatic heterocycles. The zero-order chi connectivity index (χ0) is 17.6. The van der Waals surface area contributed by atoms with Gasteiger partial charge in [0.1, 0.15) is 5.41 Å². The summed E-state index contributed by atoms with van der Waals surface area (Å²) in [6, 6.07) is 23.4. The van der Waals surface area contributed by atoms with E-state index in [0.717, 1.165) is 28.6 Å². The van der Waals surface area contributed by atoms with E-state index in [1.54, 1.807) is 0 Å². The third-order valence-corrected chi connectivity index (χ3v) is 5.90. The molecule has 1 fully saturated rings. The maximum atomic E-state index is 10.3. The van der Waals surface area contributed by atoms with Crippen LogP contribution in [0.15, 0.2) is 60.7 Å². The molecule has 0 aliphatic carbocycles. The summed E-state index contributed by atoms with van der Waals surface area (Å²) in [6.45, 7) is 3.54. The predicted molar refractivity (Wildman–Crippen MR) is 103 cm³/mol. The molecule has 0 bridgehead atoms. The Morgan fingerprint density at radius 1 is 0.840 bits per heavy atom. The Kier molecular flexibility index (Phi) is 5.56. The highest BCUT2D eigenvalue weighted by Gasteiger charge is 2.37. The maximum absolute atomic E-state index is 10.3. The molecule has 0 amide bonds. The summed E-state index contributed by atoms with van der Waals surface area (Å²) in [4.78, 5) is 0. The third-order valence-electron chi connectivity index (χ3n) is 5.90. The van der Waals surface area contributed by atoms with Gasteiger partial charge in [0, 0.05) is 6.42 Å². The van der Waals surface area contributed by atoms with Crippen LogP contribution in [0.4, 0.5) is 0 Å². The minimum atomic E-state index is -0.559. The Morgan fingerprint density at radius 3 is 1.76 bits per heavy atom. The van der Waals surface area contributed by atoms with Gasteiger partial charge in [-0.1, -0.05) is 60.7 Å². The Labute approximate surface area is 152 Å². The molecule has 0 saturated carbocycles. The molecule has 1 aliphatic heterocycles. The Morgan fingerprint density at radius 2 is 1.32 bits per heavy atom. The molecular weight excluding hydrogens is 304 g/mol. The topological polar surface area (TPSA) is 23.8 Å². The summed E-state index contributed by atoms with van der Waals surface area (Å²) >= 11 is 0. The molecule has 0 unspecified atom stereocenters. The summed E-state index contributed by atoms with van der Waals surface area (Å²) < 4.78 is 1.10. The van der Waals surface area contributed by atoms with E-state index >= 15 is 0 Å². The fourth-order valence-corrected chi connectivity index (χ4v) is 4.20. The SMILES string of the molecule is C[N+]1(CCC(C#N)(c2ccccc2)c2ccccc2)CCCCCC1. The first-order valence-corrected chi connectivity index (χ1v) is 9.54. The van der Waals surface area contributed by atoms with E-state index in [4.69, 9.17) is 0 Å². The maximum Gasteiger partial charge on any atom is 0.112 e. The highest BCUT2D eigenvalue weighted by molar-refractivity contribution is 5.45. The Hall–Kier alpha value is -2.11. The van der Waals surface area contributed by atoms with Gasteiger partial charge in [0.15, 0.2) is 0 Å². The van der Waals surface area contributed by atoms with Crippen LogP contribution in [-0.2, 0) is 5.41 Å². The summed E-state index contributed by atoms with van der Waals surface area (Å²) in [6.07, 6.45) is 6.21. The van der Waals surface area contributed by atoms with Crippen LogP contribution in [0.5, 0.6) is 0 Å². The lowest BCUT2D eigenvalue weighted by Crippen LogP contribution is -2.47. The molecule has 2 heteroatoms. The first kappa shape index (κ1) is 17.7. The molecule has 1 heterocycles. The van der Waals surface area contributed by atoms with Crippen molar-refractivity contribution >= 4 is 0 Å². The van der Waals surface area contributed by atoms with Crippen LogP contribution in [0, 0.1) is 11.3 Å². The van der Waals surface area contributed by atoms with Crippen LogP contribution in [0.25, 0.3) is 0 Å². The van der Waals surface area contributed by atoms with Crippen molar-refractivity contribution in [1.82, 2.24) is 0 Å². The molecule has 0 spiro atoms. The van der Waals surface area contributed by atoms with Gasteiger partial charge in [0.2, 0.25) is 0 Å². The lowest BCUT2D eigenvalue weighted by molar-refractivity contribution is -0.909. The Balaban J connectivity index is 1.93. The van der Waals surface area contributed by atoms with Crippen molar-refractivity contribution in [2.75, 3.05) is 26.7 Å². The molecule has 2 aromatic rings. The van der Waals surface area contributed by atoms with Crippen LogP contribution < -0.4 is 0 Å². The number of quaternary nitrogens is 1. The average molecular weight is 333 g/mol. The number of likely N-dealkylation sites (tertiary alicyclic amines) is 1. The molecular formula is C23H29N2+. The van der Waals surface area contributed by atoms with E-state index in [2.05, 4.69) is 37.4 Å². The van der Waals surface area contributed by atoms with Gasteiger partial charge in [-0.3, -0.25) is 0 Å². The van der Waals surface area contributed by atoms with Gasteiger partial charge in [-0.2, -0.15) is 5.26 Å². The van der Waals surface area contributed by atoms with Crippen molar-refractivity contribution in [3.8, 4) is 6.07 Å². The van der Waals surface area contributed by atoms with Crippen LogP contribution in [0.1, 0.15) is 43.2 Å². The van der Waals surface area contributed by atoms with Gasteiger partial charge in [0.05, 0.1) is 32.8 Å². The second-order valence-corrected chi connectivity index (χ2v) is 7.70. The summed E-state index contributed by atoms with van der Waals surface area (Å²) in [7, 11) is 2.38. The van der Waals surface area contributed by atoms with Gasteiger partial charge < -0.3 is 4.48 Å². The average Bonchev–Trinajstić information content (AvgIpc) is 2.89. The molecule has 0 N–H and O–H groups in total. The summed E-state index contributed by atoms with van der Waals surface area (Å²) in [5.41, 5.74) is 1.67. The van der Waals surface area contributed by atoms with Crippen molar-refractivity contribution in [2.45, 2.75) is 37.5 Å².